The topological polar surface area (TPSA) is 116 Å². The highest BCUT2D eigenvalue weighted by Crippen LogP contribution is 2.21. The van der Waals surface area contributed by atoms with E-state index in [4.69, 9.17) is 4.74 Å². The summed E-state index contributed by atoms with van der Waals surface area (Å²) in [6, 6.07) is 4.02. The molecular weight excluding hydrogens is 316 g/mol. The maximum absolute atomic E-state index is 12.4. The molecule has 1 amide bonds. The maximum atomic E-state index is 12.4. The van der Waals surface area contributed by atoms with Crippen molar-refractivity contribution in [2.24, 2.45) is 7.05 Å². The highest BCUT2D eigenvalue weighted by atomic mass is 16.6. The van der Waals surface area contributed by atoms with E-state index in [9.17, 15) is 19.7 Å². The van der Waals surface area contributed by atoms with Crippen molar-refractivity contribution < 1.29 is 19.2 Å². The van der Waals surface area contributed by atoms with Crippen LogP contribution in [0.15, 0.2) is 24.4 Å². The number of amides is 1. The standard InChI is InChI=1S/C15H16N4O5/c1-4-24-15(21)11-8-16-18(3)13(11)17-14(20)10-5-6-12(19(22)23)9(2)7-10/h5-8H,4H2,1-3H3,(H,17,20). The molecule has 2 aromatic rings. The summed E-state index contributed by atoms with van der Waals surface area (Å²) in [4.78, 5) is 34.5. The summed E-state index contributed by atoms with van der Waals surface area (Å²) in [7, 11) is 1.57. The molecule has 0 fully saturated rings. The first-order valence-corrected chi connectivity index (χ1v) is 7.10. The van der Waals surface area contributed by atoms with Crippen molar-refractivity contribution in [3.05, 3.63) is 51.2 Å². The molecule has 1 N–H and O–H groups in total. The lowest BCUT2D eigenvalue weighted by molar-refractivity contribution is -0.385. The number of nitro benzene ring substituents is 1. The van der Waals surface area contributed by atoms with E-state index >= 15 is 0 Å². The summed E-state index contributed by atoms with van der Waals surface area (Å²) in [6.45, 7) is 3.41. The van der Waals surface area contributed by atoms with Gasteiger partial charge < -0.3 is 10.1 Å². The highest BCUT2D eigenvalue weighted by molar-refractivity contribution is 6.07. The van der Waals surface area contributed by atoms with Gasteiger partial charge in [0, 0.05) is 24.2 Å². The molecule has 0 saturated heterocycles. The Labute approximate surface area is 137 Å². The van der Waals surface area contributed by atoms with E-state index in [1.54, 1.807) is 20.9 Å². The predicted octanol–water partition coefficient (Wildman–Crippen LogP) is 2.07. The number of ether oxygens (including phenoxy) is 1. The Kier molecular flexibility index (Phi) is 4.93. The third kappa shape index (κ3) is 3.40. The molecule has 2 rings (SSSR count). The Hall–Kier alpha value is -3.23. The first-order valence-electron chi connectivity index (χ1n) is 7.10. The van der Waals surface area contributed by atoms with Crippen molar-refractivity contribution in [1.82, 2.24) is 9.78 Å². The fourth-order valence-electron chi connectivity index (χ4n) is 2.13. The SMILES string of the molecule is CCOC(=O)c1cnn(C)c1NC(=O)c1ccc([N+](=O)[O-])c(C)c1. The molecule has 1 aromatic heterocycles. The van der Waals surface area contributed by atoms with Crippen molar-refractivity contribution in [2.45, 2.75) is 13.8 Å². The zero-order valence-electron chi connectivity index (χ0n) is 13.4. The Morgan fingerprint density at radius 1 is 1.42 bits per heavy atom. The van der Waals surface area contributed by atoms with Gasteiger partial charge in [-0.05, 0) is 26.0 Å². The number of hydrogen-bond acceptors (Lipinski definition) is 6. The molecule has 0 unspecified atom stereocenters. The van der Waals surface area contributed by atoms with E-state index in [0.717, 1.165) is 0 Å². The average Bonchev–Trinajstić information content (AvgIpc) is 2.88. The second-order valence-corrected chi connectivity index (χ2v) is 4.96. The fraction of sp³-hybridized carbons (Fsp3) is 0.267. The molecule has 0 saturated carbocycles. The number of esters is 1. The molecule has 0 aliphatic carbocycles. The van der Waals surface area contributed by atoms with Crippen LogP contribution in [0.5, 0.6) is 0 Å². The maximum Gasteiger partial charge on any atom is 0.343 e. The molecule has 126 valence electrons. The number of carbonyl (C=O) groups excluding carboxylic acids is 2. The minimum atomic E-state index is -0.596. The molecule has 1 heterocycles. The summed E-state index contributed by atoms with van der Waals surface area (Å²) in [6.07, 6.45) is 1.30. The van der Waals surface area contributed by atoms with E-state index in [1.807, 2.05) is 0 Å². The number of hydrogen-bond donors (Lipinski definition) is 1. The van der Waals surface area contributed by atoms with Gasteiger partial charge in [0.1, 0.15) is 11.4 Å². The smallest absolute Gasteiger partial charge is 0.343 e. The Morgan fingerprint density at radius 3 is 2.71 bits per heavy atom. The zero-order chi connectivity index (χ0) is 17.9. The van der Waals surface area contributed by atoms with Gasteiger partial charge in [-0.3, -0.25) is 19.6 Å². The largest absolute Gasteiger partial charge is 0.462 e. The molecule has 9 nitrogen and oxygen atoms in total. The van der Waals surface area contributed by atoms with Crippen LogP contribution in [-0.4, -0.2) is 33.2 Å². The minimum absolute atomic E-state index is 0.0701. The Morgan fingerprint density at radius 2 is 2.12 bits per heavy atom. The fourth-order valence-corrected chi connectivity index (χ4v) is 2.13. The number of aryl methyl sites for hydroxylation is 2. The van der Waals surface area contributed by atoms with Crippen LogP contribution in [0.1, 0.15) is 33.2 Å². The summed E-state index contributed by atoms with van der Waals surface area (Å²) >= 11 is 0. The van der Waals surface area contributed by atoms with Gasteiger partial charge in [-0.25, -0.2) is 4.79 Å². The lowest BCUT2D eigenvalue weighted by atomic mass is 10.1. The molecule has 1 aromatic carbocycles. The Balaban J connectivity index is 2.27. The first kappa shape index (κ1) is 17.1. The molecule has 0 aliphatic rings. The van der Waals surface area contributed by atoms with Gasteiger partial charge in [-0.15, -0.1) is 0 Å². The minimum Gasteiger partial charge on any atom is -0.462 e. The predicted molar refractivity (Wildman–Crippen MR) is 85.0 cm³/mol. The van der Waals surface area contributed by atoms with Crippen LogP contribution in [0.4, 0.5) is 11.5 Å². The number of benzene rings is 1. The van der Waals surface area contributed by atoms with Crippen molar-refractivity contribution in [3.63, 3.8) is 0 Å². The monoisotopic (exact) mass is 332 g/mol. The molecule has 0 aliphatic heterocycles. The van der Waals surface area contributed by atoms with Crippen LogP contribution in [0.25, 0.3) is 0 Å². The van der Waals surface area contributed by atoms with Gasteiger partial charge in [0.2, 0.25) is 0 Å². The summed E-state index contributed by atoms with van der Waals surface area (Å²) in [5.74, 6) is -0.919. The normalized spacial score (nSPS) is 10.3. The van der Waals surface area contributed by atoms with E-state index in [-0.39, 0.29) is 29.2 Å². The second kappa shape index (κ2) is 6.90. The highest BCUT2D eigenvalue weighted by Gasteiger charge is 2.20. The van der Waals surface area contributed by atoms with E-state index in [2.05, 4.69) is 10.4 Å². The number of aromatic nitrogens is 2. The van der Waals surface area contributed by atoms with Gasteiger partial charge >= 0.3 is 5.97 Å². The van der Waals surface area contributed by atoms with Crippen molar-refractivity contribution in [1.29, 1.82) is 0 Å². The van der Waals surface area contributed by atoms with E-state index in [0.29, 0.717) is 5.56 Å². The van der Waals surface area contributed by atoms with E-state index in [1.165, 1.54) is 29.1 Å². The number of nitro groups is 1. The summed E-state index contributed by atoms with van der Waals surface area (Å²) in [5.41, 5.74) is 0.656. The van der Waals surface area contributed by atoms with Gasteiger partial charge in [0.25, 0.3) is 11.6 Å². The first-order chi connectivity index (χ1) is 11.3. The number of rotatable bonds is 5. The number of nitrogens with zero attached hydrogens (tertiary/aromatic N) is 3. The molecular formula is C15H16N4O5. The number of nitrogens with one attached hydrogen (secondary N) is 1. The second-order valence-electron chi connectivity index (χ2n) is 4.96. The van der Waals surface area contributed by atoms with Crippen LogP contribution in [0.2, 0.25) is 0 Å². The van der Waals surface area contributed by atoms with Crippen LogP contribution in [-0.2, 0) is 11.8 Å². The molecule has 0 radical (unpaired) electrons. The zero-order valence-corrected chi connectivity index (χ0v) is 13.4. The van der Waals surface area contributed by atoms with E-state index < -0.39 is 16.8 Å². The third-order valence-electron chi connectivity index (χ3n) is 3.32. The van der Waals surface area contributed by atoms with Crippen molar-refractivity contribution in [3.8, 4) is 0 Å². The Bertz CT molecular complexity index is 812. The van der Waals surface area contributed by atoms with Gasteiger partial charge in [0.15, 0.2) is 0 Å². The molecule has 9 heteroatoms. The van der Waals surface area contributed by atoms with Gasteiger partial charge in [-0.2, -0.15) is 5.10 Å². The molecule has 0 spiro atoms. The molecule has 0 bridgehead atoms. The molecule has 24 heavy (non-hydrogen) atoms. The lowest BCUT2D eigenvalue weighted by Gasteiger charge is -2.09. The van der Waals surface area contributed by atoms with Crippen LogP contribution < -0.4 is 5.32 Å². The van der Waals surface area contributed by atoms with Gasteiger partial charge in [-0.1, -0.05) is 0 Å². The quantitative estimate of drug-likeness (QED) is 0.509. The average molecular weight is 332 g/mol. The molecule has 0 atom stereocenters. The van der Waals surface area contributed by atoms with Gasteiger partial charge in [0.05, 0.1) is 17.7 Å². The lowest BCUT2D eigenvalue weighted by Crippen LogP contribution is -2.17. The van der Waals surface area contributed by atoms with Crippen molar-refractivity contribution >= 4 is 23.4 Å². The summed E-state index contributed by atoms with van der Waals surface area (Å²) in [5, 5.41) is 17.3. The van der Waals surface area contributed by atoms with Crippen molar-refractivity contribution in [2.75, 3.05) is 11.9 Å². The van der Waals surface area contributed by atoms with Crippen LogP contribution in [0.3, 0.4) is 0 Å². The summed E-state index contributed by atoms with van der Waals surface area (Å²) < 4.78 is 6.25. The van der Waals surface area contributed by atoms with Crippen LogP contribution >= 0.6 is 0 Å². The van der Waals surface area contributed by atoms with Crippen LogP contribution in [0, 0.1) is 17.0 Å². The number of carbonyl (C=O) groups is 2. The number of anilines is 1. The third-order valence-corrected chi connectivity index (χ3v) is 3.32.